The van der Waals surface area contributed by atoms with Crippen molar-refractivity contribution in [3.05, 3.63) is 106 Å². The lowest BCUT2D eigenvalue weighted by Crippen LogP contribution is -2.22. The van der Waals surface area contributed by atoms with E-state index in [0.717, 1.165) is 30.7 Å². The maximum Gasteiger partial charge on any atom is 0.196 e. The van der Waals surface area contributed by atoms with Gasteiger partial charge in [-0.3, -0.25) is 9.59 Å². The number of rotatable bonds is 6. The summed E-state index contributed by atoms with van der Waals surface area (Å²) in [6.07, 6.45) is 0. The number of ketones is 2. The molecule has 0 bridgehead atoms. The van der Waals surface area contributed by atoms with E-state index < -0.39 is 0 Å². The van der Waals surface area contributed by atoms with E-state index >= 15 is 0 Å². The largest absolute Gasteiger partial charge is 0.398 e. The van der Waals surface area contributed by atoms with E-state index in [4.69, 9.17) is 11.5 Å². The van der Waals surface area contributed by atoms with E-state index in [2.05, 4.69) is 39.8 Å². The van der Waals surface area contributed by atoms with Gasteiger partial charge in [-0.05, 0) is 59.4 Å². The predicted molar refractivity (Wildman–Crippen MR) is 158 cm³/mol. The van der Waals surface area contributed by atoms with Crippen molar-refractivity contribution in [1.29, 1.82) is 0 Å². The van der Waals surface area contributed by atoms with E-state index in [1.165, 1.54) is 23.5 Å². The maximum absolute atomic E-state index is 14.1. The summed E-state index contributed by atoms with van der Waals surface area (Å²) in [5.74, 6) is 0.424. The Bertz CT molecular complexity index is 1480. The molecule has 1 aliphatic rings. The molecule has 0 saturated carbocycles. The van der Waals surface area contributed by atoms with Crippen LogP contribution < -0.4 is 11.5 Å². The molecule has 192 valence electrons. The van der Waals surface area contributed by atoms with Gasteiger partial charge in [-0.1, -0.05) is 87.6 Å². The van der Waals surface area contributed by atoms with Gasteiger partial charge < -0.3 is 11.5 Å². The molecule has 0 fully saturated rings. The molecule has 0 heterocycles. The standard InChI is InChI=1S/C32H30N2O2S2/c1-17(2)19-11-13-25(23(33)15-19)37-27-9-5-7-21-29(27)32(36)30-22(31(21)35)8-6-10-28(30)38-26-14-12-20(18(3)4)16-24(26)34/h5-18H,33-34H2,1-4H3. The number of anilines is 2. The zero-order valence-corrected chi connectivity index (χ0v) is 23.5. The highest BCUT2D eigenvalue weighted by Gasteiger charge is 2.34. The minimum Gasteiger partial charge on any atom is -0.398 e. The molecule has 0 spiro atoms. The molecule has 4 N–H and O–H groups in total. The summed E-state index contributed by atoms with van der Waals surface area (Å²) in [7, 11) is 0. The van der Waals surface area contributed by atoms with Crippen molar-refractivity contribution < 1.29 is 9.59 Å². The summed E-state index contributed by atoms with van der Waals surface area (Å²) in [5.41, 5.74) is 18.1. The normalized spacial score (nSPS) is 12.7. The summed E-state index contributed by atoms with van der Waals surface area (Å²) in [6, 6.07) is 22.9. The first kappa shape index (κ1) is 26.1. The van der Waals surface area contributed by atoms with E-state index in [1.807, 2.05) is 48.5 Å². The second kappa shape index (κ2) is 10.4. The maximum atomic E-state index is 14.1. The third-order valence-electron chi connectivity index (χ3n) is 6.84. The fourth-order valence-electron chi connectivity index (χ4n) is 4.62. The van der Waals surface area contributed by atoms with Crippen molar-refractivity contribution >= 4 is 46.5 Å². The predicted octanol–water partition coefficient (Wildman–Crippen LogP) is 8.18. The molecule has 4 nitrogen and oxygen atoms in total. The molecule has 0 aliphatic heterocycles. The number of benzene rings is 4. The minimum absolute atomic E-state index is 0.147. The van der Waals surface area contributed by atoms with Crippen molar-refractivity contribution in [2.75, 3.05) is 11.5 Å². The Morgan fingerprint density at radius 2 is 0.974 bits per heavy atom. The zero-order valence-electron chi connectivity index (χ0n) is 21.9. The van der Waals surface area contributed by atoms with Crippen LogP contribution in [-0.4, -0.2) is 11.6 Å². The summed E-state index contributed by atoms with van der Waals surface area (Å²) in [4.78, 5) is 30.9. The quantitative estimate of drug-likeness (QED) is 0.212. The highest BCUT2D eigenvalue weighted by molar-refractivity contribution is 8.00. The molecule has 4 aromatic carbocycles. The summed E-state index contributed by atoms with van der Waals surface area (Å²) < 4.78 is 0. The molecule has 0 radical (unpaired) electrons. The molecule has 4 aromatic rings. The van der Waals surface area contributed by atoms with E-state index in [1.54, 1.807) is 12.1 Å². The fourth-order valence-corrected chi connectivity index (χ4v) is 6.63. The lowest BCUT2D eigenvalue weighted by Gasteiger charge is -2.22. The van der Waals surface area contributed by atoms with Gasteiger partial charge in [0.25, 0.3) is 0 Å². The van der Waals surface area contributed by atoms with Gasteiger partial charge >= 0.3 is 0 Å². The van der Waals surface area contributed by atoms with Crippen molar-refractivity contribution in [3.8, 4) is 0 Å². The highest BCUT2D eigenvalue weighted by Crippen LogP contribution is 2.43. The Labute approximate surface area is 232 Å². The van der Waals surface area contributed by atoms with Crippen LogP contribution in [0, 0.1) is 0 Å². The number of hydrogen-bond acceptors (Lipinski definition) is 6. The summed E-state index contributed by atoms with van der Waals surface area (Å²) >= 11 is 2.84. The topological polar surface area (TPSA) is 86.2 Å². The molecular weight excluding hydrogens is 508 g/mol. The average molecular weight is 539 g/mol. The molecule has 0 saturated heterocycles. The van der Waals surface area contributed by atoms with Gasteiger partial charge in [-0.2, -0.15) is 0 Å². The summed E-state index contributed by atoms with van der Waals surface area (Å²) in [5, 5.41) is 0. The van der Waals surface area contributed by atoms with Crippen LogP contribution in [0.15, 0.2) is 92.4 Å². The third-order valence-corrected chi connectivity index (χ3v) is 9.14. The van der Waals surface area contributed by atoms with Crippen LogP contribution in [0.4, 0.5) is 11.4 Å². The van der Waals surface area contributed by atoms with Crippen molar-refractivity contribution in [2.24, 2.45) is 0 Å². The average Bonchev–Trinajstić information content (AvgIpc) is 2.89. The van der Waals surface area contributed by atoms with Gasteiger partial charge in [0.05, 0.1) is 0 Å². The molecule has 6 heteroatoms. The van der Waals surface area contributed by atoms with Crippen LogP contribution in [0.5, 0.6) is 0 Å². The van der Waals surface area contributed by atoms with Crippen LogP contribution in [-0.2, 0) is 0 Å². The van der Waals surface area contributed by atoms with E-state index in [9.17, 15) is 9.59 Å². The molecule has 0 amide bonds. The smallest absolute Gasteiger partial charge is 0.196 e. The van der Waals surface area contributed by atoms with Crippen LogP contribution >= 0.6 is 23.5 Å². The van der Waals surface area contributed by atoms with E-state index in [-0.39, 0.29) is 11.6 Å². The van der Waals surface area contributed by atoms with E-state index in [0.29, 0.717) is 45.5 Å². The number of carbonyl (C=O) groups is 2. The third kappa shape index (κ3) is 4.74. The molecule has 38 heavy (non-hydrogen) atoms. The number of nitrogens with two attached hydrogens (primary N) is 2. The van der Waals surface area contributed by atoms with Crippen LogP contribution in [0.2, 0.25) is 0 Å². The Balaban J connectivity index is 1.55. The molecule has 0 unspecified atom stereocenters. The Morgan fingerprint density at radius 3 is 1.34 bits per heavy atom. The first-order valence-corrected chi connectivity index (χ1v) is 14.3. The number of hydrogen-bond donors (Lipinski definition) is 2. The SMILES string of the molecule is CC(C)c1ccc(Sc2cccc3c2C(=O)c2c(Sc4ccc(C(C)C)cc4N)cccc2C3=O)c(N)c1. The molecule has 0 aromatic heterocycles. The first-order chi connectivity index (χ1) is 18.2. The van der Waals surface area contributed by atoms with Gasteiger partial charge in [0, 0.05) is 53.2 Å². The second-order valence-corrected chi connectivity index (χ2v) is 12.3. The second-order valence-electron chi connectivity index (χ2n) is 10.1. The van der Waals surface area contributed by atoms with Crippen molar-refractivity contribution in [3.63, 3.8) is 0 Å². The van der Waals surface area contributed by atoms with Crippen molar-refractivity contribution in [1.82, 2.24) is 0 Å². The van der Waals surface area contributed by atoms with Gasteiger partial charge in [-0.15, -0.1) is 0 Å². The lowest BCUT2D eigenvalue weighted by molar-refractivity contribution is 0.0974. The van der Waals surface area contributed by atoms with Crippen LogP contribution in [0.3, 0.4) is 0 Å². The van der Waals surface area contributed by atoms with Gasteiger partial charge in [0.15, 0.2) is 11.6 Å². The molecule has 0 atom stereocenters. The van der Waals surface area contributed by atoms with Gasteiger partial charge in [0.2, 0.25) is 0 Å². The fraction of sp³-hybridized carbons (Fsp3) is 0.188. The molecule has 1 aliphatic carbocycles. The monoisotopic (exact) mass is 538 g/mol. The number of nitrogen functional groups attached to an aromatic ring is 2. The first-order valence-electron chi connectivity index (χ1n) is 12.7. The number of fused-ring (bicyclic) bond motifs is 2. The Kier molecular flexibility index (Phi) is 7.12. The summed E-state index contributed by atoms with van der Waals surface area (Å²) in [6.45, 7) is 8.50. The van der Waals surface area contributed by atoms with Gasteiger partial charge in [0.1, 0.15) is 0 Å². The molecular formula is C32H30N2O2S2. The van der Waals surface area contributed by atoms with Crippen molar-refractivity contribution in [2.45, 2.75) is 59.1 Å². The lowest BCUT2D eigenvalue weighted by atomic mass is 9.84. The van der Waals surface area contributed by atoms with Crippen LogP contribution in [0.1, 0.15) is 82.5 Å². The van der Waals surface area contributed by atoms with Crippen LogP contribution in [0.25, 0.3) is 0 Å². The zero-order chi connectivity index (χ0) is 27.1. The minimum atomic E-state index is -0.157. The van der Waals surface area contributed by atoms with Gasteiger partial charge in [-0.25, -0.2) is 0 Å². The molecule has 5 rings (SSSR count). The Hall–Kier alpha value is -3.48. The Morgan fingerprint density at radius 1 is 0.553 bits per heavy atom. The number of carbonyl (C=O) groups excluding carboxylic acids is 2. The highest BCUT2D eigenvalue weighted by atomic mass is 32.2.